The van der Waals surface area contributed by atoms with Gasteiger partial charge in [-0.3, -0.25) is 4.79 Å². The summed E-state index contributed by atoms with van der Waals surface area (Å²) in [4.78, 5) is 13.8. The summed E-state index contributed by atoms with van der Waals surface area (Å²) in [5, 5.41) is 14.5. The Labute approximate surface area is 151 Å². The standard InChI is InChI=1S/C19H19N5O2/c25-19(17-12-21-24(23-17)16-4-2-1-3-5-16)22-15-8-6-14(7-9-15)18-13-20-10-11-26-18/h1-9,12,18,20H,10-11,13H2,(H,22,25). The summed E-state index contributed by atoms with van der Waals surface area (Å²) in [5.41, 5.74) is 2.86. The molecule has 0 radical (unpaired) electrons. The predicted octanol–water partition coefficient (Wildman–Crippen LogP) is 2.18. The first-order valence-corrected chi connectivity index (χ1v) is 8.51. The summed E-state index contributed by atoms with van der Waals surface area (Å²) in [7, 11) is 0. The van der Waals surface area contributed by atoms with Gasteiger partial charge in [-0.25, -0.2) is 0 Å². The second-order valence-corrected chi connectivity index (χ2v) is 5.99. The molecule has 3 aromatic rings. The molecular formula is C19H19N5O2. The van der Waals surface area contributed by atoms with Crippen LogP contribution in [0.3, 0.4) is 0 Å². The van der Waals surface area contributed by atoms with Gasteiger partial charge in [0.15, 0.2) is 5.69 Å². The van der Waals surface area contributed by atoms with Crippen LogP contribution in [0.2, 0.25) is 0 Å². The van der Waals surface area contributed by atoms with Crippen molar-refractivity contribution in [1.29, 1.82) is 0 Å². The van der Waals surface area contributed by atoms with Crippen molar-refractivity contribution >= 4 is 11.6 Å². The number of nitrogens with zero attached hydrogens (tertiary/aromatic N) is 3. The maximum Gasteiger partial charge on any atom is 0.277 e. The number of anilines is 1. The molecule has 132 valence electrons. The number of morpholine rings is 1. The number of rotatable bonds is 4. The van der Waals surface area contributed by atoms with Crippen LogP contribution in [0, 0.1) is 0 Å². The fraction of sp³-hybridized carbons (Fsp3) is 0.211. The fourth-order valence-corrected chi connectivity index (χ4v) is 2.81. The second-order valence-electron chi connectivity index (χ2n) is 5.99. The first-order valence-electron chi connectivity index (χ1n) is 8.51. The highest BCUT2D eigenvalue weighted by Crippen LogP contribution is 2.21. The molecule has 2 aromatic carbocycles. The second kappa shape index (κ2) is 7.47. The molecule has 1 atom stereocenters. The third kappa shape index (κ3) is 3.63. The van der Waals surface area contributed by atoms with Crippen molar-refractivity contribution in [3.63, 3.8) is 0 Å². The van der Waals surface area contributed by atoms with E-state index in [0.717, 1.165) is 24.3 Å². The van der Waals surface area contributed by atoms with E-state index >= 15 is 0 Å². The summed E-state index contributed by atoms with van der Waals surface area (Å²) in [5.74, 6) is -0.296. The van der Waals surface area contributed by atoms with Gasteiger partial charge in [0, 0.05) is 18.8 Å². The van der Waals surface area contributed by atoms with Gasteiger partial charge in [-0.15, -0.1) is 5.10 Å². The summed E-state index contributed by atoms with van der Waals surface area (Å²) >= 11 is 0. The van der Waals surface area contributed by atoms with Crippen molar-refractivity contribution in [2.24, 2.45) is 0 Å². The van der Waals surface area contributed by atoms with Gasteiger partial charge < -0.3 is 15.4 Å². The van der Waals surface area contributed by atoms with Crippen molar-refractivity contribution in [2.45, 2.75) is 6.10 Å². The van der Waals surface area contributed by atoms with Gasteiger partial charge in [-0.1, -0.05) is 30.3 Å². The van der Waals surface area contributed by atoms with Crippen LogP contribution in [0.5, 0.6) is 0 Å². The molecule has 0 aliphatic carbocycles. The molecule has 4 rings (SSSR count). The van der Waals surface area contributed by atoms with E-state index in [4.69, 9.17) is 4.74 Å². The van der Waals surface area contributed by atoms with E-state index in [-0.39, 0.29) is 17.7 Å². The topological polar surface area (TPSA) is 81.1 Å². The van der Waals surface area contributed by atoms with E-state index in [2.05, 4.69) is 20.8 Å². The smallest absolute Gasteiger partial charge is 0.277 e. The highest BCUT2D eigenvalue weighted by atomic mass is 16.5. The van der Waals surface area contributed by atoms with Crippen LogP contribution in [-0.2, 0) is 4.74 Å². The van der Waals surface area contributed by atoms with Gasteiger partial charge in [0.2, 0.25) is 0 Å². The lowest BCUT2D eigenvalue weighted by Crippen LogP contribution is -2.33. The minimum absolute atomic E-state index is 0.0549. The first kappa shape index (κ1) is 16.4. The van der Waals surface area contributed by atoms with Crippen LogP contribution in [0.4, 0.5) is 5.69 Å². The minimum atomic E-state index is -0.296. The highest BCUT2D eigenvalue weighted by molar-refractivity contribution is 6.02. The number of amides is 1. The van der Waals surface area contributed by atoms with Gasteiger partial charge in [0.1, 0.15) is 0 Å². The Bertz CT molecular complexity index is 870. The molecule has 1 amide bonds. The van der Waals surface area contributed by atoms with Gasteiger partial charge in [0.25, 0.3) is 5.91 Å². The molecule has 0 spiro atoms. The zero-order chi connectivity index (χ0) is 17.8. The van der Waals surface area contributed by atoms with Crippen LogP contribution >= 0.6 is 0 Å². The summed E-state index contributed by atoms with van der Waals surface area (Å²) in [6.07, 6.45) is 1.51. The Kier molecular flexibility index (Phi) is 4.72. The normalized spacial score (nSPS) is 17.0. The molecule has 1 aliphatic heterocycles. The number of ether oxygens (including phenoxy) is 1. The van der Waals surface area contributed by atoms with E-state index in [0.29, 0.717) is 12.3 Å². The number of carbonyl (C=O) groups excluding carboxylic acids is 1. The lowest BCUT2D eigenvalue weighted by molar-refractivity contribution is 0.0277. The van der Waals surface area contributed by atoms with Crippen LogP contribution < -0.4 is 10.6 Å². The Morgan fingerprint density at radius 2 is 1.96 bits per heavy atom. The summed E-state index contributed by atoms with van der Waals surface area (Å²) < 4.78 is 5.73. The molecule has 1 aliphatic rings. The van der Waals surface area contributed by atoms with E-state index in [9.17, 15) is 4.79 Å². The van der Waals surface area contributed by atoms with Crippen LogP contribution in [0.15, 0.2) is 60.8 Å². The van der Waals surface area contributed by atoms with Gasteiger partial charge >= 0.3 is 0 Å². The Balaban J connectivity index is 1.42. The third-order valence-electron chi connectivity index (χ3n) is 4.18. The Hall–Kier alpha value is -3.03. The molecule has 7 heteroatoms. The number of aromatic nitrogens is 3. The molecule has 1 unspecified atom stereocenters. The van der Waals surface area contributed by atoms with Gasteiger partial charge in [-0.05, 0) is 29.8 Å². The van der Waals surface area contributed by atoms with Gasteiger partial charge in [0.05, 0.1) is 24.6 Å². The fourth-order valence-electron chi connectivity index (χ4n) is 2.81. The van der Waals surface area contributed by atoms with E-state index in [1.54, 1.807) is 0 Å². The van der Waals surface area contributed by atoms with Crippen molar-refractivity contribution in [3.05, 3.63) is 72.1 Å². The molecule has 2 N–H and O–H groups in total. The SMILES string of the molecule is O=C(Nc1ccc(C2CNCCO2)cc1)c1cnn(-c2ccccc2)n1. The molecule has 0 bridgehead atoms. The van der Waals surface area contributed by atoms with Crippen molar-refractivity contribution in [1.82, 2.24) is 20.3 Å². The molecule has 2 heterocycles. The number of hydrogen-bond donors (Lipinski definition) is 2. The lowest BCUT2D eigenvalue weighted by Gasteiger charge is -2.24. The van der Waals surface area contributed by atoms with E-state index in [1.165, 1.54) is 11.0 Å². The average Bonchev–Trinajstić information content (AvgIpc) is 3.20. The lowest BCUT2D eigenvalue weighted by atomic mass is 10.1. The largest absolute Gasteiger partial charge is 0.371 e. The Morgan fingerprint density at radius 3 is 2.69 bits per heavy atom. The number of para-hydroxylation sites is 1. The van der Waals surface area contributed by atoms with Crippen molar-refractivity contribution < 1.29 is 9.53 Å². The zero-order valence-electron chi connectivity index (χ0n) is 14.1. The van der Waals surface area contributed by atoms with Gasteiger partial charge in [-0.2, -0.15) is 9.90 Å². The number of hydrogen-bond acceptors (Lipinski definition) is 5. The van der Waals surface area contributed by atoms with Crippen LogP contribution in [-0.4, -0.2) is 40.6 Å². The number of nitrogens with one attached hydrogen (secondary N) is 2. The maximum atomic E-state index is 12.4. The summed E-state index contributed by atoms with van der Waals surface area (Å²) in [6.45, 7) is 2.39. The highest BCUT2D eigenvalue weighted by Gasteiger charge is 2.16. The predicted molar refractivity (Wildman–Crippen MR) is 97.3 cm³/mol. The molecular weight excluding hydrogens is 330 g/mol. The Morgan fingerprint density at radius 1 is 1.15 bits per heavy atom. The van der Waals surface area contributed by atoms with Crippen molar-refractivity contribution in [2.75, 3.05) is 25.0 Å². The zero-order valence-corrected chi connectivity index (χ0v) is 14.1. The quantitative estimate of drug-likeness (QED) is 0.755. The molecule has 1 aromatic heterocycles. The maximum absolute atomic E-state index is 12.4. The first-order chi connectivity index (χ1) is 12.8. The molecule has 1 saturated heterocycles. The molecule has 7 nitrogen and oxygen atoms in total. The molecule has 1 fully saturated rings. The summed E-state index contributed by atoms with van der Waals surface area (Å²) in [6, 6.07) is 17.1. The molecule has 0 saturated carbocycles. The monoisotopic (exact) mass is 349 g/mol. The number of carbonyl (C=O) groups is 1. The minimum Gasteiger partial charge on any atom is -0.371 e. The third-order valence-corrected chi connectivity index (χ3v) is 4.18. The van der Waals surface area contributed by atoms with Crippen molar-refractivity contribution in [3.8, 4) is 5.69 Å². The van der Waals surface area contributed by atoms with Crippen LogP contribution in [0.25, 0.3) is 5.69 Å². The average molecular weight is 349 g/mol. The van der Waals surface area contributed by atoms with Crippen LogP contribution in [0.1, 0.15) is 22.2 Å². The van der Waals surface area contributed by atoms with E-state index in [1.807, 2.05) is 54.6 Å². The van der Waals surface area contributed by atoms with E-state index < -0.39 is 0 Å². The number of benzene rings is 2. The molecule has 26 heavy (non-hydrogen) atoms.